The highest BCUT2D eigenvalue weighted by molar-refractivity contribution is 7.16. The number of rotatable bonds is 2. The summed E-state index contributed by atoms with van der Waals surface area (Å²) in [7, 11) is 0. The van der Waals surface area contributed by atoms with Crippen LogP contribution in [0.1, 0.15) is 25.2 Å². The predicted molar refractivity (Wildman–Crippen MR) is 70.4 cm³/mol. The molecular formula is C13H11F3N3O2S+. The lowest BCUT2D eigenvalue weighted by atomic mass is 10.3. The van der Waals surface area contributed by atoms with Crippen LogP contribution in [-0.2, 0) is 13.1 Å². The molecule has 0 unspecified atom stereocenters. The molecule has 1 amide bonds. The van der Waals surface area contributed by atoms with Gasteiger partial charge >= 0.3 is 6.18 Å². The van der Waals surface area contributed by atoms with Crippen molar-refractivity contribution < 1.29 is 27.3 Å². The highest BCUT2D eigenvalue weighted by atomic mass is 32.1. The highest BCUT2D eigenvalue weighted by Gasteiger charge is 2.40. The van der Waals surface area contributed by atoms with Gasteiger partial charge in [0, 0.05) is 0 Å². The summed E-state index contributed by atoms with van der Waals surface area (Å²) in [6.07, 6.45) is -1.30. The quantitative estimate of drug-likeness (QED) is 0.674. The number of carbonyl (C=O) groups excluding carboxylic acids is 2. The van der Waals surface area contributed by atoms with Crippen molar-refractivity contribution in [2.24, 2.45) is 0 Å². The topological polar surface area (TPSA) is 57.1 Å². The van der Waals surface area contributed by atoms with E-state index in [1.807, 2.05) is 10.8 Å². The first-order valence-corrected chi connectivity index (χ1v) is 7.24. The molecule has 0 aromatic carbocycles. The molecule has 0 saturated carbocycles. The Bertz CT molecular complexity index is 735. The van der Waals surface area contributed by atoms with Crippen molar-refractivity contribution in [1.82, 2.24) is 9.88 Å². The van der Waals surface area contributed by atoms with Crippen LogP contribution in [0.25, 0.3) is 0 Å². The average Bonchev–Trinajstić information content (AvgIpc) is 3.12. The van der Waals surface area contributed by atoms with Crippen molar-refractivity contribution >= 4 is 23.0 Å². The Morgan fingerprint density at radius 3 is 2.73 bits per heavy atom. The zero-order valence-electron chi connectivity index (χ0n) is 11.2. The third kappa shape index (κ3) is 2.63. The zero-order chi connectivity index (χ0) is 15.9. The van der Waals surface area contributed by atoms with Crippen LogP contribution in [0, 0.1) is 0 Å². The minimum atomic E-state index is -4.92. The molecule has 22 heavy (non-hydrogen) atoms. The summed E-state index contributed by atoms with van der Waals surface area (Å²) >= 11 is 0.575. The van der Waals surface area contributed by atoms with Gasteiger partial charge in [0.05, 0.1) is 16.3 Å². The van der Waals surface area contributed by atoms with Gasteiger partial charge in [-0.3, -0.25) is 9.59 Å². The van der Waals surface area contributed by atoms with Gasteiger partial charge in [-0.1, -0.05) is 0 Å². The summed E-state index contributed by atoms with van der Waals surface area (Å²) in [5.41, 5.74) is 0. The number of nitrogens with one attached hydrogen (secondary N) is 1. The fraction of sp³-hybridized carbons (Fsp3) is 0.308. The van der Waals surface area contributed by atoms with Crippen molar-refractivity contribution in [1.29, 1.82) is 0 Å². The summed E-state index contributed by atoms with van der Waals surface area (Å²) in [6, 6.07) is 2.32. The summed E-state index contributed by atoms with van der Waals surface area (Å²) in [4.78, 5) is 27.7. The molecule has 2 aromatic rings. The number of hydrogen-bond acceptors (Lipinski definition) is 3. The van der Waals surface area contributed by atoms with E-state index in [2.05, 4.69) is 4.98 Å². The number of hydrogen-bond donors (Lipinski definition) is 1. The molecule has 0 atom stereocenters. The Labute approximate surface area is 127 Å². The number of carbonyl (C=O) groups is 2. The van der Waals surface area contributed by atoms with Crippen LogP contribution in [0.3, 0.4) is 0 Å². The molecule has 116 valence electrons. The molecule has 0 bridgehead atoms. The first-order valence-electron chi connectivity index (χ1n) is 6.42. The van der Waals surface area contributed by atoms with Crippen LogP contribution >= 0.6 is 11.3 Å². The molecule has 2 aromatic heterocycles. The van der Waals surface area contributed by atoms with Crippen LogP contribution in [-0.4, -0.2) is 34.3 Å². The molecule has 1 aliphatic heterocycles. The second-order valence-electron chi connectivity index (χ2n) is 4.82. The molecule has 1 N–H and O–H groups in total. The second-order valence-corrected chi connectivity index (χ2v) is 5.90. The first-order chi connectivity index (χ1) is 10.4. The number of fused-ring (bicyclic) bond motifs is 1. The number of aromatic amines is 1. The monoisotopic (exact) mass is 330 g/mol. The van der Waals surface area contributed by atoms with Gasteiger partial charge in [0.2, 0.25) is 0 Å². The number of alkyl halides is 3. The van der Waals surface area contributed by atoms with E-state index in [0.29, 0.717) is 31.0 Å². The van der Waals surface area contributed by atoms with Crippen LogP contribution in [0.15, 0.2) is 24.5 Å². The summed E-state index contributed by atoms with van der Waals surface area (Å²) in [5, 5.41) is 0. The Balaban J connectivity index is 1.77. The number of ketones is 1. The molecule has 0 radical (unpaired) electrons. The Kier molecular flexibility index (Phi) is 3.51. The van der Waals surface area contributed by atoms with Crippen LogP contribution in [0.5, 0.6) is 0 Å². The van der Waals surface area contributed by atoms with Crippen LogP contribution in [0.4, 0.5) is 13.2 Å². The Morgan fingerprint density at radius 2 is 2.00 bits per heavy atom. The van der Waals surface area contributed by atoms with E-state index in [1.165, 1.54) is 6.07 Å². The zero-order valence-corrected chi connectivity index (χ0v) is 12.0. The number of aromatic nitrogens is 2. The third-order valence-electron chi connectivity index (χ3n) is 3.39. The fourth-order valence-corrected chi connectivity index (χ4v) is 3.21. The standard InChI is InChI=1S/C13H10F3N3O2S/c14-13(15,16)11(20)8-1-2-9(22-8)12(21)19-6-5-18-4-3-17-10(18)7-19/h1-4H,5-7H2/p+1. The number of nitrogens with zero attached hydrogens (tertiary/aromatic N) is 2. The number of amides is 1. The maximum Gasteiger partial charge on any atom is 0.455 e. The van der Waals surface area contributed by atoms with E-state index >= 15 is 0 Å². The molecule has 9 heteroatoms. The highest BCUT2D eigenvalue weighted by Crippen LogP contribution is 2.27. The van der Waals surface area contributed by atoms with Gasteiger partial charge in [-0.15, -0.1) is 11.3 Å². The van der Waals surface area contributed by atoms with Crippen molar-refractivity contribution in [2.45, 2.75) is 19.3 Å². The van der Waals surface area contributed by atoms with E-state index < -0.39 is 16.8 Å². The molecule has 0 spiro atoms. The maximum absolute atomic E-state index is 12.4. The Morgan fingerprint density at radius 1 is 1.27 bits per heavy atom. The van der Waals surface area contributed by atoms with E-state index in [0.717, 1.165) is 11.9 Å². The van der Waals surface area contributed by atoms with Crippen LogP contribution < -0.4 is 4.57 Å². The summed E-state index contributed by atoms with van der Waals surface area (Å²) < 4.78 is 39.1. The number of thiophene rings is 1. The summed E-state index contributed by atoms with van der Waals surface area (Å²) in [6.45, 7) is 1.44. The first kappa shape index (κ1) is 14.8. The minimum Gasteiger partial charge on any atom is -0.322 e. The average molecular weight is 330 g/mol. The van der Waals surface area contributed by atoms with Gasteiger partial charge in [-0.25, -0.2) is 9.55 Å². The lowest BCUT2D eigenvalue weighted by Gasteiger charge is -2.23. The van der Waals surface area contributed by atoms with Crippen molar-refractivity contribution in [3.05, 3.63) is 40.1 Å². The molecule has 3 heterocycles. The molecule has 0 fully saturated rings. The molecule has 1 aliphatic rings. The maximum atomic E-state index is 12.4. The van der Waals surface area contributed by atoms with Crippen LogP contribution in [0.2, 0.25) is 0 Å². The molecule has 5 nitrogen and oxygen atoms in total. The number of imidazole rings is 1. The second kappa shape index (κ2) is 5.24. The van der Waals surface area contributed by atoms with Gasteiger partial charge in [0.1, 0.15) is 25.5 Å². The fourth-order valence-electron chi connectivity index (χ4n) is 2.27. The normalized spacial score (nSPS) is 14.8. The molecular weight excluding hydrogens is 319 g/mol. The van der Waals surface area contributed by atoms with Gasteiger partial charge in [0.25, 0.3) is 17.5 Å². The van der Waals surface area contributed by atoms with Crippen molar-refractivity contribution in [3.63, 3.8) is 0 Å². The van der Waals surface area contributed by atoms with Gasteiger partial charge < -0.3 is 4.90 Å². The Hall–Kier alpha value is -2.16. The summed E-state index contributed by atoms with van der Waals surface area (Å²) in [5.74, 6) is -1.44. The third-order valence-corrected chi connectivity index (χ3v) is 4.46. The smallest absolute Gasteiger partial charge is 0.322 e. The lowest BCUT2D eigenvalue weighted by molar-refractivity contribution is -0.709. The molecule has 0 saturated heterocycles. The van der Waals surface area contributed by atoms with Gasteiger partial charge in [-0.2, -0.15) is 13.2 Å². The van der Waals surface area contributed by atoms with Crippen molar-refractivity contribution in [2.75, 3.05) is 6.54 Å². The van der Waals surface area contributed by atoms with E-state index in [4.69, 9.17) is 0 Å². The molecule has 0 aliphatic carbocycles. The SMILES string of the molecule is O=C(c1ccc(C(=O)C(F)(F)F)s1)N1CC[n+]2cc[nH]c2C1. The largest absolute Gasteiger partial charge is 0.455 e. The van der Waals surface area contributed by atoms with Gasteiger partial charge in [0.15, 0.2) is 0 Å². The van der Waals surface area contributed by atoms with Gasteiger partial charge in [-0.05, 0) is 12.1 Å². The minimum absolute atomic E-state index is 0.132. The number of halogens is 3. The number of H-pyrrole nitrogens is 1. The van der Waals surface area contributed by atoms with E-state index in [-0.39, 0.29) is 10.8 Å². The number of Topliss-reactive ketones (excluding diaryl/α,β-unsaturated/α-hetero) is 1. The predicted octanol–water partition coefficient (Wildman–Crippen LogP) is 1.76. The lowest BCUT2D eigenvalue weighted by Crippen LogP contribution is -2.50. The van der Waals surface area contributed by atoms with E-state index in [1.54, 1.807) is 11.1 Å². The molecule has 3 rings (SSSR count). The van der Waals surface area contributed by atoms with Crippen molar-refractivity contribution in [3.8, 4) is 0 Å². The van der Waals surface area contributed by atoms with E-state index in [9.17, 15) is 22.8 Å².